The van der Waals surface area contributed by atoms with Crippen molar-refractivity contribution in [2.45, 2.75) is 116 Å². The second-order valence-electron chi connectivity index (χ2n) is 14.3. The van der Waals surface area contributed by atoms with Gasteiger partial charge in [-0.3, -0.25) is 4.79 Å². The van der Waals surface area contributed by atoms with Gasteiger partial charge in [-0.1, -0.05) is 33.3 Å². The molecule has 40 heavy (non-hydrogen) atoms. The molecule has 0 bridgehead atoms. The van der Waals surface area contributed by atoms with Crippen molar-refractivity contribution in [3.8, 4) is 0 Å². The van der Waals surface area contributed by atoms with Gasteiger partial charge in [0.25, 0.3) is 0 Å². The number of nitrogens with two attached hydrogens (primary N) is 1. The van der Waals surface area contributed by atoms with Crippen molar-refractivity contribution in [1.82, 2.24) is 0 Å². The third-order valence-corrected chi connectivity index (χ3v) is 12.3. The Bertz CT molecular complexity index is 1060. The molecule has 1 aromatic carbocycles. The summed E-state index contributed by atoms with van der Waals surface area (Å²) in [6.45, 7) is 8.41. The van der Waals surface area contributed by atoms with Crippen LogP contribution in [-0.2, 0) is 9.53 Å². The molecule has 2 unspecified atom stereocenters. The molecule has 224 valence electrons. The standard InChI is InChI=1S/C33H49F2NO4/c1-18(7-5-10-28(40-19(2)37)30-24(34)8-6-9-25(30)35)20-11-12-21-29-22(13-15-32(20,21)3)33(4)16-14-27(38)31(39)23(33)17-26(29)36/h6,8-9,18,20-23,26-29,31,38-39H,5,7,10-17,36H2,1-4H3/t18-,20-,21+,22+,23+,26?,27+,28?,29+,31-,32-,33-/m1/s1. The minimum Gasteiger partial charge on any atom is -0.457 e. The number of halogens is 2. The lowest BCUT2D eigenvalue weighted by molar-refractivity contribution is -0.180. The lowest BCUT2D eigenvalue weighted by atomic mass is 9.43. The van der Waals surface area contributed by atoms with Crippen LogP contribution in [0.15, 0.2) is 18.2 Å². The van der Waals surface area contributed by atoms with Crippen molar-refractivity contribution >= 4 is 5.97 Å². The number of carbonyl (C=O) groups excluding carboxylic acids is 1. The highest BCUT2D eigenvalue weighted by atomic mass is 19.1. The quantitative estimate of drug-likeness (QED) is 0.340. The molecule has 0 radical (unpaired) electrons. The summed E-state index contributed by atoms with van der Waals surface area (Å²) in [5.41, 5.74) is 7.00. The van der Waals surface area contributed by atoms with Crippen molar-refractivity contribution in [1.29, 1.82) is 0 Å². The van der Waals surface area contributed by atoms with E-state index in [1.807, 2.05) is 0 Å². The van der Waals surface area contributed by atoms with Crippen LogP contribution in [0.1, 0.15) is 104 Å². The molecule has 0 amide bonds. The first-order valence-corrected chi connectivity index (χ1v) is 15.6. The van der Waals surface area contributed by atoms with Crippen LogP contribution in [0.4, 0.5) is 8.78 Å². The van der Waals surface area contributed by atoms with Crippen molar-refractivity contribution in [2.75, 3.05) is 0 Å². The highest BCUT2D eigenvalue weighted by molar-refractivity contribution is 5.66. The highest BCUT2D eigenvalue weighted by Gasteiger charge is 2.63. The van der Waals surface area contributed by atoms with E-state index >= 15 is 0 Å². The topological polar surface area (TPSA) is 92.8 Å². The predicted octanol–water partition coefficient (Wildman–Crippen LogP) is 6.30. The number of fused-ring (bicyclic) bond motifs is 5. The van der Waals surface area contributed by atoms with Crippen LogP contribution in [0.3, 0.4) is 0 Å². The molecule has 4 saturated carbocycles. The molecule has 0 aliphatic heterocycles. The van der Waals surface area contributed by atoms with Gasteiger partial charge in [-0.05, 0) is 116 Å². The Morgan fingerprint density at radius 1 is 1.02 bits per heavy atom. The Hall–Kier alpha value is -1.57. The van der Waals surface area contributed by atoms with Crippen molar-refractivity contribution < 1.29 is 28.5 Å². The summed E-state index contributed by atoms with van der Waals surface area (Å²) in [7, 11) is 0. The number of ether oxygens (including phenoxy) is 1. The monoisotopic (exact) mass is 561 g/mol. The molecule has 5 nitrogen and oxygen atoms in total. The maximum atomic E-state index is 14.5. The smallest absolute Gasteiger partial charge is 0.303 e. The minimum atomic E-state index is -0.924. The molecule has 4 aliphatic carbocycles. The van der Waals surface area contributed by atoms with Crippen molar-refractivity contribution in [3.63, 3.8) is 0 Å². The second kappa shape index (κ2) is 11.3. The van der Waals surface area contributed by atoms with Crippen molar-refractivity contribution in [2.24, 2.45) is 52.1 Å². The van der Waals surface area contributed by atoms with Gasteiger partial charge in [0.1, 0.15) is 17.7 Å². The number of hydrogen-bond donors (Lipinski definition) is 3. The molecule has 1 aromatic rings. The summed E-state index contributed by atoms with van der Waals surface area (Å²) in [4.78, 5) is 11.7. The maximum Gasteiger partial charge on any atom is 0.303 e. The minimum absolute atomic E-state index is 0.0257. The predicted molar refractivity (Wildman–Crippen MR) is 150 cm³/mol. The number of hydrogen-bond acceptors (Lipinski definition) is 5. The number of carbonyl (C=O) groups is 1. The van der Waals surface area contributed by atoms with Gasteiger partial charge in [0, 0.05) is 13.0 Å². The van der Waals surface area contributed by atoms with E-state index in [0.717, 1.165) is 44.9 Å². The Balaban J connectivity index is 1.26. The first-order valence-electron chi connectivity index (χ1n) is 15.6. The summed E-state index contributed by atoms with van der Waals surface area (Å²) in [6.07, 6.45) is 6.78. The third-order valence-electron chi connectivity index (χ3n) is 12.3. The molecule has 4 fully saturated rings. The summed E-state index contributed by atoms with van der Waals surface area (Å²) in [5, 5.41) is 21.3. The molecule has 0 heterocycles. The average Bonchev–Trinajstić information content (AvgIpc) is 3.24. The largest absolute Gasteiger partial charge is 0.457 e. The van der Waals surface area contributed by atoms with Crippen LogP contribution < -0.4 is 5.73 Å². The Morgan fingerprint density at radius 3 is 2.35 bits per heavy atom. The molecule has 12 atom stereocenters. The fourth-order valence-corrected chi connectivity index (χ4v) is 10.4. The molecule has 4 N–H and O–H groups in total. The lowest BCUT2D eigenvalue weighted by Gasteiger charge is -2.63. The summed E-state index contributed by atoms with van der Waals surface area (Å²) in [6, 6.07) is 3.79. The van der Waals surface area contributed by atoms with Crippen LogP contribution in [0.2, 0.25) is 0 Å². The Morgan fingerprint density at radius 2 is 1.68 bits per heavy atom. The van der Waals surface area contributed by atoms with Gasteiger partial charge in [0.15, 0.2) is 0 Å². The van der Waals surface area contributed by atoms with Crippen molar-refractivity contribution in [3.05, 3.63) is 35.4 Å². The molecule has 0 spiro atoms. The Kier molecular flexibility index (Phi) is 8.42. The van der Waals surface area contributed by atoms with Gasteiger partial charge >= 0.3 is 5.97 Å². The van der Waals surface area contributed by atoms with Crippen LogP contribution in [0.25, 0.3) is 0 Å². The van der Waals surface area contributed by atoms with Crippen LogP contribution in [0.5, 0.6) is 0 Å². The van der Waals surface area contributed by atoms with Crippen LogP contribution in [-0.4, -0.2) is 34.4 Å². The summed E-state index contributed by atoms with van der Waals surface area (Å²) >= 11 is 0. The number of rotatable bonds is 7. The van der Waals surface area contributed by atoms with E-state index in [2.05, 4.69) is 20.8 Å². The number of esters is 1. The fraction of sp³-hybridized carbons (Fsp3) is 0.788. The summed E-state index contributed by atoms with van der Waals surface area (Å²) in [5.74, 6) is 0.631. The zero-order valence-electron chi connectivity index (χ0n) is 24.6. The van der Waals surface area contributed by atoms with Crippen LogP contribution in [0, 0.1) is 58.0 Å². The Labute approximate surface area is 238 Å². The first kappa shape index (κ1) is 29.9. The van der Waals surface area contributed by atoms with E-state index in [9.17, 15) is 23.8 Å². The van der Waals surface area contributed by atoms with Gasteiger partial charge < -0.3 is 20.7 Å². The third kappa shape index (κ3) is 5.02. The molecule has 5 rings (SSSR count). The molecule has 7 heteroatoms. The van der Waals surface area contributed by atoms with E-state index in [1.165, 1.54) is 31.5 Å². The molecule has 0 saturated heterocycles. The van der Waals surface area contributed by atoms with E-state index in [0.29, 0.717) is 42.4 Å². The SMILES string of the molecule is CC(=O)OC(CCC[C@@H](C)[C@H]1CC[C@H]2[C@@H]3C(N)C[C@H]4[C@@H](O)[C@@H](O)CC[C@]4(C)[C@H]3CC[C@]12C)c1c(F)cccc1F. The average molecular weight is 562 g/mol. The molecular formula is C33H49F2NO4. The van der Waals surface area contributed by atoms with Crippen LogP contribution >= 0.6 is 0 Å². The molecule has 4 aliphatic rings. The summed E-state index contributed by atoms with van der Waals surface area (Å²) < 4.78 is 34.4. The highest BCUT2D eigenvalue weighted by Crippen LogP contribution is 2.68. The normalized spacial score (nSPS) is 42.3. The molecule has 0 aromatic heterocycles. The zero-order valence-corrected chi connectivity index (χ0v) is 24.6. The number of aliphatic hydroxyl groups is 2. The maximum absolute atomic E-state index is 14.5. The van der Waals surface area contributed by atoms with E-state index in [-0.39, 0.29) is 28.4 Å². The number of benzene rings is 1. The van der Waals surface area contributed by atoms with Gasteiger partial charge in [-0.2, -0.15) is 0 Å². The van der Waals surface area contributed by atoms with Gasteiger partial charge in [0.2, 0.25) is 0 Å². The first-order chi connectivity index (χ1) is 18.9. The zero-order chi connectivity index (χ0) is 29.0. The van der Waals surface area contributed by atoms with E-state index < -0.39 is 35.9 Å². The van der Waals surface area contributed by atoms with Gasteiger partial charge in [-0.15, -0.1) is 0 Å². The van der Waals surface area contributed by atoms with E-state index in [1.54, 1.807) is 0 Å². The van der Waals surface area contributed by atoms with Gasteiger partial charge in [-0.25, -0.2) is 8.78 Å². The van der Waals surface area contributed by atoms with E-state index in [4.69, 9.17) is 10.5 Å². The number of aliphatic hydroxyl groups excluding tert-OH is 2. The fourth-order valence-electron chi connectivity index (χ4n) is 10.4. The molecular weight excluding hydrogens is 512 g/mol. The van der Waals surface area contributed by atoms with Gasteiger partial charge in [0.05, 0.1) is 17.8 Å². The second-order valence-corrected chi connectivity index (χ2v) is 14.3. The lowest BCUT2D eigenvalue weighted by Crippen LogP contribution is -2.63.